The van der Waals surface area contributed by atoms with Gasteiger partial charge in [0.1, 0.15) is 12.4 Å². The monoisotopic (exact) mass is 206 g/mol. The topological polar surface area (TPSA) is 59.1 Å². The van der Waals surface area contributed by atoms with Crippen molar-refractivity contribution in [3.8, 4) is 0 Å². The number of halogens is 1. The van der Waals surface area contributed by atoms with E-state index in [4.69, 9.17) is 15.9 Å². The van der Waals surface area contributed by atoms with Crippen molar-refractivity contribution in [2.24, 2.45) is 5.73 Å². The van der Waals surface area contributed by atoms with Gasteiger partial charge in [0.2, 0.25) is 0 Å². The molecule has 0 heterocycles. The number of hydrogen-bond donors (Lipinski definition) is 2. The van der Waals surface area contributed by atoms with Crippen LogP contribution >= 0.6 is 15.9 Å². The van der Waals surface area contributed by atoms with Crippen molar-refractivity contribution < 1.29 is 4.74 Å². The van der Waals surface area contributed by atoms with Crippen LogP contribution in [-0.4, -0.2) is 24.7 Å². The van der Waals surface area contributed by atoms with Crippen LogP contribution in [0.2, 0.25) is 0 Å². The van der Waals surface area contributed by atoms with E-state index in [9.17, 15) is 0 Å². The van der Waals surface area contributed by atoms with Crippen LogP contribution in [0.3, 0.4) is 0 Å². The third kappa shape index (κ3) is 4.52. The summed E-state index contributed by atoms with van der Waals surface area (Å²) in [4.78, 5) is 0. The molecule has 10 heavy (non-hydrogen) atoms. The number of hydrogen-bond acceptors (Lipinski definition) is 3. The van der Waals surface area contributed by atoms with Crippen LogP contribution < -0.4 is 5.73 Å². The molecular weight excluding hydrogens is 196 g/mol. The second kappa shape index (κ2) is 6.77. The molecule has 0 atom stereocenters. The van der Waals surface area contributed by atoms with Crippen molar-refractivity contribution >= 4 is 22.1 Å². The lowest BCUT2D eigenvalue weighted by molar-refractivity contribution is 0.241. The number of nitrogens with one attached hydrogen (secondary N) is 1. The standard InChI is InChI=1S/C6H11BrN2O/c7-2-1-6(5-9)10-4-3-8/h1,5,9H,2-4,8H2/b6-1+,9-5?. The predicted molar refractivity (Wildman–Crippen MR) is 45.7 cm³/mol. The lowest BCUT2D eigenvalue weighted by atomic mass is 10.5. The number of ether oxygens (including phenoxy) is 1. The summed E-state index contributed by atoms with van der Waals surface area (Å²) in [7, 11) is 0. The largest absolute Gasteiger partial charge is 0.491 e. The quantitative estimate of drug-likeness (QED) is 0.399. The van der Waals surface area contributed by atoms with Crippen LogP contribution in [0.25, 0.3) is 0 Å². The summed E-state index contributed by atoms with van der Waals surface area (Å²) >= 11 is 3.19. The average Bonchev–Trinajstić information content (AvgIpc) is 1.98. The Hall–Kier alpha value is -0.350. The van der Waals surface area contributed by atoms with E-state index in [-0.39, 0.29) is 0 Å². The molecule has 0 radical (unpaired) electrons. The summed E-state index contributed by atoms with van der Waals surface area (Å²) in [5, 5.41) is 7.56. The van der Waals surface area contributed by atoms with E-state index in [0.717, 1.165) is 6.21 Å². The van der Waals surface area contributed by atoms with Crippen molar-refractivity contribution in [3.63, 3.8) is 0 Å². The third-order valence-electron chi connectivity index (χ3n) is 0.807. The molecule has 0 aromatic rings. The minimum Gasteiger partial charge on any atom is -0.491 e. The van der Waals surface area contributed by atoms with Crippen molar-refractivity contribution in [3.05, 3.63) is 11.8 Å². The molecule has 0 aromatic heterocycles. The Morgan fingerprint density at radius 2 is 2.40 bits per heavy atom. The van der Waals surface area contributed by atoms with E-state index in [1.54, 1.807) is 6.08 Å². The first-order chi connectivity index (χ1) is 4.85. The van der Waals surface area contributed by atoms with Crippen molar-refractivity contribution in [1.29, 1.82) is 5.41 Å². The highest BCUT2D eigenvalue weighted by atomic mass is 79.9. The van der Waals surface area contributed by atoms with E-state index in [2.05, 4.69) is 15.9 Å². The molecule has 0 spiro atoms. The van der Waals surface area contributed by atoms with Gasteiger partial charge in [-0.3, -0.25) is 0 Å². The van der Waals surface area contributed by atoms with E-state index in [1.165, 1.54) is 0 Å². The Morgan fingerprint density at radius 3 is 2.80 bits per heavy atom. The van der Waals surface area contributed by atoms with Crippen molar-refractivity contribution in [1.82, 2.24) is 0 Å². The zero-order valence-electron chi connectivity index (χ0n) is 5.64. The van der Waals surface area contributed by atoms with Gasteiger partial charge >= 0.3 is 0 Å². The summed E-state index contributed by atoms with van der Waals surface area (Å²) in [5.41, 5.74) is 5.19. The second-order valence-electron chi connectivity index (χ2n) is 1.54. The Balaban J connectivity index is 3.60. The van der Waals surface area contributed by atoms with E-state index in [1.807, 2.05) is 0 Å². The molecule has 0 aromatic carbocycles. The highest BCUT2D eigenvalue weighted by Gasteiger charge is 1.89. The number of allylic oxidation sites excluding steroid dienone is 2. The fourth-order valence-corrected chi connectivity index (χ4v) is 0.731. The number of alkyl halides is 1. The first-order valence-electron chi connectivity index (χ1n) is 2.94. The van der Waals surface area contributed by atoms with Gasteiger partial charge in [-0.25, -0.2) is 0 Å². The van der Waals surface area contributed by atoms with Crippen LogP contribution in [0, 0.1) is 5.41 Å². The predicted octanol–water partition coefficient (Wildman–Crippen LogP) is 0.890. The van der Waals surface area contributed by atoms with Crippen LogP contribution in [-0.2, 0) is 4.74 Å². The molecule has 0 unspecified atom stereocenters. The smallest absolute Gasteiger partial charge is 0.133 e. The molecular formula is C6H11BrN2O. The highest BCUT2D eigenvalue weighted by Crippen LogP contribution is 1.94. The van der Waals surface area contributed by atoms with Crippen LogP contribution in [0.1, 0.15) is 0 Å². The lowest BCUT2D eigenvalue weighted by Gasteiger charge is -2.02. The molecule has 0 aliphatic heterocycles. The minimum atomic E-state index is 0.466. The van der Waals surface area contributed by atoms with E-state index < -0.39 is 0 Å². The molecule has 0 bridgehead atoms. The summed E-state index contributed by atoms with van der Waals surface area (Å²) in [6, 6.07) is 0. The first kappa shape index (κ1) is 9.65. The lowest BCUT2D eigenvalue weighted by Crippen LogP contribution is -2.08. The van der Waals surface area contributed by atoms with Gasteiger partial charge in [0, 0.05) is 11.9 Å². The molecule has 0 saturated carbocycles. The van der Waals surface area contributed by atoms with Gasteiger partial charge < -0.3 is 15.9 Å². The van der Waals surface area contributed by atoms with Crippen LogP contribution in [0.4, 0.5) is 0 Å². The van der Waals surface area contributed by atoms with Crippen molar-refractivity contribution in [2.45, 2.75) is 0 Å². The maximum atomic E-state index is 6.86. The Labute approximate surface area is 68.9 Å². The number of rotatable bonds is 5. The fourth-order valence-electron chi connectivity index (χ4n) is 0.412. The summed E-state index contributed by atoms with van der Waals surface area (Å²) in [6.45, 7) is 0.946. The normalized spacial score (nSPS) is 11.2. The minimum absolute atomic E-state index is 0.466. The first-order valence-corrected chi connectivity index (χ1v) is 4.06. The fraction of sp³-hybridized carbons (Fsp3) is 0.500. The zero-order chi connectivity index (χ0) is 7.82. The zero-order valence-corrected chi connectivity index (χ0v) is 7.23. The van der Waals surface area contributed by atoms with Crippen LogP contribution in [0.15, 0.2) is 11.8 Å². The van der Waals surface area contributed by atoms with Crippen molar-refractivity contribution in [2.75, 3.05) is 18.5 Å². The highest BCUT2D eigenvalue weighted by molar-refractivity contribution is 9.09. The maximum absolute atomic E-state index is 6.86. The molecule has 0 aliphatic rings. The second-order valence-corrected chi connectivity index (χ2v) is 2.19. The van der Waals surface area contributed by atoms with Gasteiger partial charge in [-0.2, -0.15) is 0 Å². The molecule has 0 amide bonds. The maximum Gasteiger partial charge on any atom is 0.133 e. The molecule has 0 rings (SSSR count). The molecule has 3 nitrogen and oxygen atoms in total. The molecule has 4 heteroatoms. The third-order valence-corrected chi connectivity index (χ3v) is 1.13. The summed E-state index contributed by atoms with van der Waals surface area (Å²) in [6.07, 6.45) is 2.93. The summed E-state index contributed by atoms with van der Waals surface area (Å²) in [5.74, 6) is 0.558. The van der Waals surface area contributed by atoms with E-state index >= 15 is 0 Å². The average molecular weight is 207 g/mol. The van der Waals surface area contributed by atoms with E-state index in [0.29, 0.717) is 24.2 Å². The Kier molecular flexibility index (Phi) is 6.53. The van der Waals surface area contributed by atoms with Gasteiger partial charge in [-0.15, -0.1) is 0 Å². The van der Waals surface area contributed by atoms with Gasteiger partial charge in [-0.1, -0.05) is 15.9 Å². The van der Waals surface area contributed by atoms with Gasteiger partial charge in [0.05, 0.1) is 6.21 Å². The number of nitrogens with two attached hydrogens (primary N) is 1. The molecule has 0 saturated heterocycles. The Bertz CT molecular complexity index is 125. The van der Waals surface area contributed by atoms with Gasteiger partial charge in [0.15, 0.2) is 0 Å². The summed E-state index contributed by atoms with van der Waals surface area (Å²) < 4.78 is 5.04. The molecule has 0 aliphatic carbocycles. The molecule has 58 valence electrons. The molecule has 0 fully saturated rings. The van der Waals surface area contributed by atoms with Gasteiger partial charge in [0.25, 0.3) is 0 Å². The van der Waals surface area contributed by atoms with Gasteiger partial charge in [-0.05, 0) is 6.08 Å². The SMILES string of the molecule is N=C/C(=C\CBr)OCCN. The molecule has 3 N–H and O–H groups in total. The van der Waals surface area contributed by atoms with Crippen LogP contribution in [0.5, 0.6) is 0 Å². The Morgan fingerprint density at radius 1 is 1.70 bits per heavy atom.